The van der Waals surface area contributed by atoms with Gasteiger partial charge in [-0.25, -0.2) is 5.84 Å². The van der Waals surface area contributed by atoms with Crippen molar-refractivity contribution in [3.05, 3.63) is 0 Å². The summed E-state index contributed by atoms with van der Waals surface area (Å²) >= 11 is 0. The van der Waals surface area contributed by atoms with Gasteiger partial charge in [0.15, 0.2) is 0 Å². The van der Waals surface area contributed by atoms with Crippen molar-refractivity contribution in [3.63, 3.8) is 0 Å². The number of rotatable bonds is 3. The molecule has 0 unspecified atom stereocenters. The van der Waals surface area contributed by atoms with E-state index in [2.05, 4.69) is 17.3 Å². The number of nitrogens with two attached hydrogens (primary N) is 1. The first-order chi connectivity index (χ1) is 8.23. The highest BCUT2D eigenvalue weighted by molar-refractivity contribution is 5.82. The van der Waals surface area contributed by atoms with Crippen LogP contribution in [0.25, 0.3) is 0 Å². The smallest absolute Gasteiger partial charge is 0.111 e. The van der Waals surface area contributed by atoms with Crippen LogP contribution in [0.5, 0.6) is 0 Å². The molecule has 0 spiro atoms. The predicted octanol–water partition coefficient (Wildman–Crippen LogP) is 2.47. The Bertz CT molecular complexity index is 286. The molecule has 4 saturated carbocycles. The third kappa shape index (κ3) is 2.10. The molecule has 0 atom stereocenters. The zero-order chi connectivity index (χ0) is 11.9. The molecule has 0 radical (unpaired) electrons. The maximum absolute atomic E-state index is 5.61. The number of aliphatic imine (C=N–C) groups is 1. The Morgan fingerprint density at radius 2 is 1.71 bits per heavy atom. The number of hydrazine groups is 1. The zero-order valence-corrected chi connectivity index (χ0v) is 10.9. The summed E-state index contributed by atoms with van der Waals surface area (Å²) in [6.45, 7) is 2.92. The second kappa shape index (κ2) is 4.27. The Morgan fingerprint density at radius 1 is 1.18 bits per heavy atom. The summed E-state index contributed by atoms with van der Waals surface area (Å²) in [7, 11) is 0. The summed E-state index contributed by atoms with van der Waals surface area (Å²) < 4.78 is 0. The SMILES string of the molecule is CCN=C(CC12CC3CC(CC(C3)C1)C2)NN. The van der Waals surface area contributed by atoms with Crippen LogP contribution in [-0.4, -0.2) is 12.4 Å². The van der Waals surface area contributed by atoms with Crippen molar-refractivity contribution in [2.24, 2.45) is 34.0 Å². The van der Waals surface area contributed by atoms with E-state index in [1.54, 1.807) is 0 Å². The molecule has 0 amide bonds. The molecule has 4 rings (SSSR count). The Kier molecular flexibility index (Phi) is 2.89. The lowest BCUT2D eigenvalue weighted by molar-refractivity contribution is -0.0485. The largest absolute Gasteiger partial charge is 0.312 e. The van der Waals surface area contributed by atoms with E-state index in [4.69, 9.17) is 5.84 Å². The molecule has 0 aliphatic heterocycles. The summed E-state index contributed by atoms with van der Waals surface area (Å²) in [5.74, 6) is 9.69. The second-order valence-corrected chi connectivity index (χ2v) is 6.66. The van der Waals surface area contributed by atoms with Gasteiger partial charge in [0, 0.05) is 13.0 Å². The van der Waals surface area contributed by atoms with E-state index in [1.165, 1.54) is 38.5 Å². The summed E-state index contributed by atoms with van der Waals surface area (Å²) in [4.78, 5) is 4.50. The van der Waals surface area contributed by atoms with E-state index in [0.717, 1.165) is 36.6 Å². The molecule has 17 heavy (non-hydrogen) atoms. The van der Waals surface area contributed by atoms with Crippen LogP contribution in [0.1, 0.15) is 51.9 Å². The molecule has 0 aromatic heterocycles. The van der Waals surface area contributed by atoms with Crippen molar-refractivity contribution in [2.45, 2.75) is 51.9 Å². The van der Waals surface area contributed by atoms with Gasteiger partial charge < -0.3 is 5.43 Å². The summed E-state index contributed by atoms with van der Waals surface area (Å²) in [5, 5.41) is 0. The highest BCUT2D eigenvalue weighted by atomic mass is 15.2. The van der Waals surface area contributed by atoms with Gasteiger partial charge >= 0.3 is 0 Å². The van der Waals surface area contributed by atoms with Gasteiger partial charge in [-0.1, -0.05) is 0 Å². The lowest BCUT2D eigenvalue weighted by Gasteiger charge is -2.57. The second-order valence-electron chi connectivity index (χ2n) is 6.66. The minimum absolute atomic E-state index is 0.551. The molecule has 0 heterocycles. The lowest BCUT2D eigenvalue weighted by atomic mass is 9.49. The Morgan fingerprint density at radius 3 is 2.12 bits per heavy atom. The normalized spacial score (nSPS) is 44.1. The van der Waals surface area contributed by atoms with Crippen LogP contribution in [-0.2, 0) is 0 Å². The minimum atomic E-state index is 0.551. The topological polar surface area (TPSA) is 50.4 Å². The maximum Gasteiger partial charge on any atom is 0.111 e. The first-order valence-electron chi connectivity index (χ1n) is 7.23. The quantitative estimate of drug-likeness (QED) is 0.342. The predicted molar refractivity (Wildman–Crippen MR) is 70.5 cm³/mol. The van der Waals surface area contributed by atoms with Crippen LogP contribution in [0.3, 0.4) is 0 Å². The summed E-state index contributed by atoms with van der Waals surface area (Å²) in [6.07, 6.45) is 9.93. The van der Waals surface area contributed by atoms with Gasteiger partial charge in [0.25, 0.3) is 0 Å². The lowest BCUT2D eigenvalue weighted by Crippen LogP contribution is -2.48. The number of nitrogens with zero attached hydrogens (tertiary/aromatic N) is 1. The Labute approximate surface area is 104 Å². The van der Waals surface area contributed by atoms with Crippen LogP contribution in [0.2, 0.25) is 0 Å². The van der Waals surface area contributed by atoms with E-state index < -0.39 is 0 Å². The van der Waals surface area contributed by atoms with Crippen molar-refractivity contribution >= 4 is 5.84 Å². The molecule has 3 nitrogen and oxygen atoms in total. The van der Waals surface area contributed by atoms with Gasteiger partial charge in [0.05, 0.1) is 0 Å². The number of hydrogen-bond acceptors (Lipinski definition) is 2. The minimum Gasteiger partial charge on any atom is -0.312 e. The molecule has 4 fully saturated rings. The molecule has 4 bridgehead atoms. The molecule has 4 aliphatic rings. The van der Waals surface area contributed by atoms with Gasteiger partial charge in [0.1, 0.15) is 5.84 Å². The molecule has 4 aliphatic carbocycles. The molecule has 96 valence electrons. The van der Waals surface area contributed by atoms with Gasteiger partial charge in [-0.05, 0) is 68.6 Å². The van der Waals surface area contributed by atoms with E-state index >= 15 is 0 Å². The van der Waals surface area contributed by atoms with Crippen LogP contribution < -0.4 is 11.3 Å². The Balaban J connectivity index is 1.75. The summed E-state index contributed by atoms with van der Waals surface area (Å²) in [5.41, 5.74) is 3.38. The van der Waals surface area contributed by atoms with Gasteiger partial charge in [0.2, 0.25) is 0 Å². The zero-order valence-electron chi connectivity index (χ0n) is 10.9. The van der Waals surface area contributed by atoms with E-state index in [0.29, 0.717) is 5.41 Å². The van der Waals surface area contributed by atoms with Crippen LogP contribution in [0.4, 0.5) is 0 Å². The van der Waals surface area contributed by atoms with Crippen molar-refractivity contribution in [2.75, 3.05) is 6.54 Å². The Hall–Kier alpha value is -0.570. The van der Waals surface area contributed by atoms with Crippen molar-refractivity contribution in [3.8, 4) is 0 Å². The fraction of sp³-hybridized carbons (Fsp3) is 0.929. The van der Waals surface area contributed by atoms with E-state index in [-0.39, 0.29) is 0 Å². The molecule has 0 aromatic carbocycles. The van der Waals surface area contributed by atoms with Gasteiger partial charge in [-0.15, -0.1) is 0 Å². The average molecular weight is 235 g/mol. The van der Waals surface area contributed by atoms with Crippen molar-refractivity contribution in [1.29, 1.82) is 0 Å². The van der Waals surface area contributed by atoms with Gasteiger partial charge in [-0.3, -0.25) is 4.99 Å². The first-order valence-corrected chi connectivity index (χ1v) is 7.23. The van der Waals surface area contributed by atoms with Crippen LogP contribution >= 0.6 is 0 Å². The highest BCUT2D eigenvalue weighted by Gasteiger charge is 2.50. The third-order valence-corrected chi connectivity index (χ3v) is 5.22. The number of nitrogens with one attached hydrogen (secondary N) is 1. The fourth-order valence-electron chi connectivity index (χ4n) is 5.21. The molecule has 0 aromatic rings. The van der Waals surface area contributed by atoms with Crippen LogP contribution in [0.15, 0.2) is 4.99 Å². The van der Waals surface area contributed by atoms with Crippen molar-refractivity contribution < 1.29 is 0 Å². The maximum atomic E-state index is 5.61. The first kappa shape index (κ1) is 11.5. The number of amidine groups is 1. The van der Waals surface area contributed by atoms with Crippen molar-refractivity contribution in [1.82, 2.24) is 5.43 Å². The molecular formula is C14H25N3. The molecule has 0 saturated heterocycles. The van der Waals surface area contributed by atoms with E-state index in [1.807, 2.05) is 0 Å². The van der Waals surface area contributed by atoms with E-state index in [9.17, 15) is 0 Å². The highest BCUT2D eigenvalue weighted by Crippen LogP contribution is 2.61. The average Bonchev–Trinajstić information content (AvgIpc) is 2.26. The molecule has 3 N–H and O–H groups in total. The van der Waals surface area contributed by atoms with Gasteiger partial charge in [-0.2, -0.15) is 0 Å². The number of hydrogen-bond donors (Lipinski definition) is 2. The molecule has 3 heteroatoms. The monoisotopic (exact) mass is 235 g/mol. The summed E-state index contributed by atoms with van der Waals surface area (Å²) in [6, 6.07) is 0. The fourth-order valence-corrected chi connectivity index (χ4v) is 5.21. The molecular weight excluding hydrogens is 210 g/mol. The van der Waals surface area contributed by atoms with Crippen LogP contribution in [0, 0.1) is 23.2 Å². The standard InChI is InChI=1S/C14H25N3/c1-2-16-13(17-15)9-14-6-10-3-11(7-14)5-12(4-10)8-14/h10-12H,2-9,15H2,1H3,(H,16,17). The third-order valence-electron chi connectivity index (χ3n) is 5.22.